The molecule has 1 amide bonds. The van der Waals surface area contributed by atoms with E-state index in [4.69, 9.17) is 4.74 Å². The number of benzene rings is 3. The van der Waals surface area contributed by atoms with E-state index >= 15 is 0 Å². The zero-order valence-corrected chi connectivity index (χ0v) is 20.9. The van der Waals surface area contributed by atoms with E-state index in [1.807, 2.05) is 45.0 Å². The topological polar surface area (TPSA) is 113 Å². The monoisotopic (exact) mass is 501 g/mol. The number of carbonyl (C=O) groups excluding carboxylic acids is 2. The molecule has 0 aliphatic carbocycles. The number of hydrogen-bond donors (Lipinski definition) is 1. The lowest BCUT2D eigenvalue weighted by atomic mass is 9.95. The summed E-state index contributed by atoms with van der Waals surface area (Å²) >= 11 is 0. The van der Waals surface area contributed by atoms with Crippen LogP contribution in [-0.4, -0.2) is 41.9 Å². The summed E-state index contributed by atoms with van der Waals surface area (Å²) in [4.78, 5) is 40.4. The Hall–Kier alpha value is -4.66. The van der Waals surface area contributed by atoms with Crippen LogP contribution in [0.5, 0.6) is 5.75 Å². The number of amides is 1. The van der Waals surface area contributed by atoms with E-state index in [-0.39, 0.29) is 22.9 Å². The van der Waals surface area contributed by atoms with Crippen LogP contribution in [0, 0.1) is 10.1 Å². The van der Waals surface area contributed by atoms with Crippen molar-refractivity contribution in [3.63, 3.8) is 0 Å². The molecule has 4 rings (SSSR count). The molecule has 1 atom stereocenters. The molecule has 1 heterocycles. The molecule has 3 aromatic rings. The number of nitrogens with zero attached hydrogens (tertiary/aromatic N) is 3. The largest absolute Gasteiger partial charge is 0.507 e. The Morgan fingerprint density at radius 2 is 1.57 bits per heavy atom. The highest BCUT2D eigenvalue weighted by molar-refractivity contribution is 6.51. The van der Waals surface area contributed by atoms with Gasteiger partial charge in [-0.25, -0.2) is 0 Å². The third-order valence-corrected chi connectivity index (χ3v) is 6.01. The van der Waals surface area contributed by atoms with E-state index in [9.17, 15) is 24.8 Å². The summed E-state index contributed by atoms with van der Waals surface area (Å²) in [6.45, 7) is 3.81. The predicted octanol–water partition coefficient (Wildman–Crippen LogP) is 5.07. The lowest BCUT2D eigenvalue weighted by Gasteiger charge is -2.26. The Balaban J connectivity index is 1.85. The van der Waals surface area contributed by atoms with Gasteiger partial charge in [-0.15, -0.1) is 0 Å². The number of non-ortho nitro benzene ring substituents is 1. The number of aliphatic hydroxyl groups is 1. The third kappa shape index (κ3) is 5.02. The van der Waals surface area contributed by atoms with Crippen LogP contribution >= 0.6 is 0 Å². The van der Waals surface area contributed by atoms with Gasteiger partial charge in [0.15, 0.2) is 0 Å². The van der Waals surface area contributed by atoms with Crippen molar-refractivity contribution in [3.05, 3.63) is 99.6 Å². The quantitative estimate of drug-likeness (QED) is 0.158. The van der Waals surface area contributed by atoms with Crippen molar-refractivity contribution in [2.75, 3.05) is 23.9 Å². The highest BCUT2D eigenvalue weighted by atomic mass is 16.6. The molecule has 1 unspecified atom stereocenters. The van der Waals surface area contributed by atoms with Crippen LogP contribution in [0.2, 0.25) is 0 Å². The number of nitro benzene ring substituents is 1. The van der Waals surface area contributed by atoms with E-state index < -0.39 is 28.4 Å². The number of ketones is 1. The van der Waals surface area contributed by atoms with Gasteiger partial charge in [-0.3, -0.25) is 24.6 Å². The smallest absolute Gasteiger partial charge is 0.300 e. The maximum absolute atomic E-state index is 13.3. The number of nitro groups is 1. The summed E-state index contributed by atoms with van der Waals surface area (Å²) in [5.74, 6) is -1.42. The van der Waals surface area contributed by atoms with Crippen LogP contribution in [0.25, 0.3) is 5.76 Å². The molecular formula is C28H27N3O6. The SMILES string of the molecule is CC(C)Oc1ccc(N2C(=O)C(=O)/C(=C(\O)c3ccc([N+](=O)[O-])cc3)C2c2ccc(N(C)C)cc2)cc1. The first kappa shape index (κ1) is 25.4. The zero-order chi connectivity index (χ0) is 26.9. The van der Waals surface area contributed by atoms with Gasteiger partial charge in [0.05, 0.1) is 22.6 Å². The molecule has 1 aliphatic rings. The molecule has 0 aromatic heterocycles. The summed E-state index contributed by atoms with van der Waals surface area (Å²) in [6, 6.07) is 18.4. The maximum atomic E-state index is 13.3. The average Bonchev–Trinajstić information content (AvgIpc) is 3.14. The van der Waals surface area contributed by atoms with Crippen molar-refractivity contribution in [1.82, 2.24) is 0 Å². The molecule has 0 bridgehead atoms. The fourth-order valence-electron chi connectivity index (χ4n) is 4.22. The van der Waals surface area contributed by atoms with Crippen LogP contribution in [0.15, 0.2) is 78.4 Å². The van der Waals surface area contributed by atoms with Gasteiger partial charge in [0, 0.05) is 43.2 Å². The third-order valence-electron chi connectivity index (χ3n) is 6.01. The summed E-state index contributed by atoms with van der Waals surface area (Å²) in [6.07, 6.45) is -0.0306. The molecule has 0 spiro atoms. The Morgan fingerprint density at radius 3 is 2.08 bits per heavy atom. The average molecular weight is 502 g/mol. The molecule has 37 heavy (non-hydrogen) atoms. The van der Waals surface area contributed by atoms with Gasteiger partial charge < -0.3 is 14.7 Å². The minimum Gasteiger partial charge on any atom is -0.507 e. The first-order valence-electron chi connectivity index (χ1n) is 11.7. The van der Waals surface area contributed by atoms with Gasteiger partial charge in [0.1, 0.15) is 11.5 Å². The van der Waals surface area contributed by atoms with E-state index in [2.05, 4.69) is 0 Å². The summed E-state index contributed by atoms with van der Waals surface area (Å²) in [5, 5.41) is 22.2. The molecule has 0 radical (unpaired) electrons. The highest BCUT2D eigenvalue weighted by Crippen LogP contribution is 2.43. The van der Waals surface area contributed by atoms with E-state index in [0.717, 1.165) is 5.69 Å². The van der Waals surface area contributed by atoms with Crippen molar-refractivity contribution in [3.8, 4) is 5.75 Å². The summed E-state index contributed by atoms with van der Waals surface area (Å²) < 4.78 is 5.70. The van der Waals surface area contributed by atoms with E-state index in [1.165, 1.54) is 29.2 Å². The number of Topliss-reactive ketones (excluding diaryl/α,β-unsaturated/α-hetero) is 1. The highest BCUT2D eigenvalue weighted by Gasteiger charge is 2.47. The van der Waals surface area contributed by atoms with Gasteiger partial charge in [-0.05, 0) is 67.9 Å². The lowest BCUT2D eigenvalue weighted by Crippen LogP contribution is -2.29. The van der Waals surface area contributed by atoms with Crippen LogP contribution in [0.3, 0.4) is 0 Å². The van der Waals surface area contributed by atoms with Crippen LogP contribution < -0.4 is 14.5 Å². The van der Waals surface area contributed by atoms with Crippen LogP contribution in [-0.2, 0) is 9.59 Å². The molecule has 3 aromatic carbocycles. The van der Waals surface area contributed by atoms with Gasteiger partial charge in [-0.2, -0.15) is 0 Å². The molecule has 9 nitrogen and oxygen atoms in total. The molecule has 1 fully saturated rings. The second kappa shape index (κ2) is 10.1. The normalized spacial score (nSPS) is 16.8. The standard InChI is InChI=1S/C28H27N3O6/c1-17(2)37-23-15-13-21(14-16-23)30-25(18-5-9-20(10-6-18)29(3)4)24(27(33)28(30)34)26(32)19-7-11-22(12-8-19)31(35)36/h5-17,25,32H,1-4H3/b26-24-. The second-order valence-corrected chi connectivity index (χ2v) is 9.12. The number of carbonyl (C=O) groups is 2. The van der Waals surface area contributed by atoms with Crippen molar-refractivity contribution in [2.45, 2.75) is 26.0 Å². The summed E-state index contributed by atoms with van der Waals surface area (Å²) in [7, 11) is 3.80. The lowest BCUT2D eigenvalue weighted by molar-refractivity contribution is -0.384. The Morgan fingerprint density at radius 1 is 0.973 bits per heavy atom. The molecule has 0 saturated carbocycles. The first-order valence-corrected chi connectivity index (χ1v) is 11.7. The van der Waals surface area contributed by atoms with Crippen LogP contribution in [0.1, 0.15) is 31.0 Å². The fourth-order valence-corrected chi connectivity index (χ4v) is 4.22. The van der Waals surface area contributed by atoms with Gasteiger partial charge in [-0.1, -0.05) is 12.1 Å². The molecule has 1 saturated heterocycles. The van der Waals surface area contributed by atoms with Gasteiger partial charge in [0.2, 0.25) is 0 Å². The predicted molar refractivity (Wildman–Crippen MR) is 141 cm³/mol. The van der Waals surface area contributed by atoms with Crippen molar-refractivity contribution in [2.24, 2.45) is 0 Å². The first-order chi connectivity index (χ1) is 17.6. The minimum absolute atomic E-state index is 0.0306. The molecule has 1 aliphatic heterocycles. The number of ether oxygens (including phenoxy) is 1. The Kier molecular flexibility index (Phi) is 6.97. The number of anilines is 2. The Labute approximate surface area is 214 Å². The molecule has 1 N–H and O–H groups in total. The van der Waals surface area contributed by atoms with Crippen molar-refractivity contribution in [1.29, 1.82) is 0 Å². The van der Waals surface area contributed by atoms with Crippen molar-refractivity contribution < 1.29 is 24.4 Å². The number of rotatable bonds is 7. The minimum atomic E-state index is -0.914. The van der Waals surface area contributed by atoms with Crippen molar-refractivity contribution >= 4 is 34.5 Å². The second-order valence-electron chi connectivity index (χ2n) is 9.12. The fraction of sp³-hybridized carbons (Fsp3) is 0.214. The number of hydrogen-bond acceptors (Lipinski definition) is 7. The zero-order valence-electron chi connectivity index (χ0n) is 20.9. The number of aliphatic hydroxyl groups excluding tert-OH is 1. The van der Waals surface area contributed by atoms with E-state index in [1.54, 1.807) is 36.4 Å². The maximum Gasteiger partial charge on any atom is 0.300 e. The molecule has 190 valence electrons. The molecular weight excluding hydrogens is 474 g/mol. The van der Waals surface area contributed by atoms with Gasteiger partial charge >= 0.3 is 0 Å². The molecule has 9 heteroatoms. The van der Waals surface area contributed by atoms with E-state index in [0.29, 0.717) is 17.0 Å². The Bertz CT molecular complexity index is 1360. The van der Waals surface area contributed by atoms with Crippen LogP contribution in [0.4, 0.5) is 17.1 Å². The summed E-state index contributed by atoms with van der Waals surface area (Å²) in [5.41, 5.74) is 1.94. The van der Waals surface area contributed by atoms with Gasteiger partial charge in [0.25, 0.3) is 17.4 Å².